The standard InChI is InChI=1S/C25H35N3O3/c1-5-26-25(28-17-21-8-6-10-22(29-3)24(21)30-4)27-16-20-9-7-15-31-23(20)19-13-11-18(2)12-14-19/h6,8,10-14,20,23H,5,7,9,15-17H2,1-4H3,(H2,26,27,28). The summed E-state index contributed by atoms with van der Waals surface area (Å²) in [6, 6.07) is 14.5. The summed E-state index contributed by atoms with van der Waals surface area (Å²) < 4.78 is 17.1. The number of aliphatic imine (C=N–C) groups is 1. The van der Waals surface area contributed by atoms with E-state index in [0.717, 1.165) is 49.8 Å². The van der Waals surface area contributed by atoms with Crippen LogP contribution < -0.4 is 20.1 Å². The lowest BCUT2D eigenvalue weighted by Gasteiger charge is -2.32. The highest BCUT2D eigenvalue weighted by Gasteiger charge is 2.27. The zero-order valence-electron chi connectivity index (χ0n) is 19.1. The van der Waals surface area contributed by atoms with Gasteiger partial charge in [0.2, 0.25) is 0 Å². The van der Waals surface area contributed by atoms with Crippen molar-refractivity contribution in [2.45, 2.75) is 39.3 Å². The SMILES string of the molecule is CCNC(=NCc1cccc(OC)c1OC)NCC1CCCOC1c1ccc(C)cc1. The molecular weight excluding hydrogens is 390 g/mol. The van der Waals surface area contributed by atoms with E-state index in [0.29, 0.717) is 18.2 Å². The molecule has 2 atom stereocenters. The normalized spacial score (nSPS) is 19.0. The Morgan fingerprint density at radius 3 is 2.61 bits per heavy atom. The molecule has 0 bridgehead atoms. The number of guanidine groups is 1. The molecule has 0 aliphatic carbocycles. The van der Waals surface area contributed by atoms with Crippen LogP contribution in [0, 0.1) is 12.8 Å². The summed E-state index contributed by atoms with van der Waals surface area (Å²) >= 11 is 0. The predicted molar refractivity (Wildman–Crippen MR) is 125 cm³/mol. The first-order chi connectivity index (χ1) is 15.2. The van der Waals surface area contributed by atoms with Gasteiger partial charge in [0.1, 0.15) is 0 Å². The molecule has 1 aliphatic heterocycles. The molecule has 2 aromatic rings. The Hall–Kier alpha value is -2.73. The first-order valence-electron chi connectivity index (χ1n) is 11.1. The largest absolute Gasteiger partial charge is 0.493 e. The molecular formula is C25H35N3O3. The van der Waals surface area contributed by atoms with Gasteiger partial charge in [0.25, 0.3) is 0 Å². The summed E-state index contributed by atoms with van der Waals surface area (Å²) in [5, 5.41) is 6.87. The molecule has 2 aromatic carbocycles. The minimum atomic E-state index is 0.114. The fourth-order valence-corrected chi connectivity index (χ4v) is 3.99. The van der Waals surface area contributed by atoms with Crippen molar-refractivity contribution in [1.82, 2.24) is 10.6 Å². The zero-order valence-corrected chi connectivity index (χ0v) is 19.1. The molecule has 3 rings (SSSR count). The highest BCUT2D eigenvalue weighted by molar-refractivity contribution is 5.79. The van der Waals surface area contributed by atoms with Crippen molar-refractivity contribution in [3.05, 3.63) is 59.2 Å². The molecule has 0 aromatic heterocycles. The molecule has 0 amide bonds. The molecule has 0 saturated carbocycles. The molecule has 31 heavy (non-hydrogen) atoms. The third-order valence-electron chi connectivity index (χ3n) is 5.62. The van der Waals surface area contributed by atoms with Gasteiger partial charge in [0.05, 0.1) is 26.9 Å². The third-order valence-corrected chi connectivity index (χ3v) is 5.62. The van der Waals surface area contributed by atoms with Gasteiger partial charge >= 0.3 is 0 Å². The van der Waals surface area contributed by atoms with Gasteiger partial charge < -0.3 is 24.8 Å². The van der Waals surface area contributed by atoms with E-state index >= 15 is 0 Å². The Balaban J connectivity index is 1.68. The Bertz CT molecular complexity index is 852. The monoisotopic (exact) mass is 425 g/mol. The minimum Gasteiger partial charge on any atom is -0.493 e. The molecule has 0 radical (unpaired) electrons. The van der Waals surface area contributed by atoms with Crippen molar-refractivity contribution < 1.29 is 14.2 Å². The summed E-state index contributed by atoms with van der Waals surface area (Å²) in [4.78, 5) is 4.78. The second kappa shape index (κ2) is 11.6. The lowest BCUT2D eigenvalue weighted by molar-refractivity contribution is -0.0265. The second-order valence-electron chi connectivity index (χ2n) is 7.83. The number of aryl methyl sites for hydroxylation is 1. The highest BCUT2D eigenvalue weighted by atomic mass is 16.5. The minimum absolute atomic E-state index is 0.114. The van der Waals surface area contributed by atoms with Crippen molar-refractivity contribution in [1.29, 1.82) is 0 Å². The fraction of sp³-hybridized carbons (Fsp3) is 0.480. The maximum Gasteiger partial charge on any atom is 0.191 e. The van der Waals surface area contributed by atoms with Crippen LogP contribution in [0.25, 0.3) is 0 Å². The van der Waals surface area contributed by atoms with Gasteiger partial charge in [-0.2, -0.15) is 0 Å². The van der Waals surface area contributed by atoms with Gasteiger partial charge in [-0.05, 0) is 38.3 Å². The van der Waals surface area contributed by atoms with E-state index in [9.17, 15) is 0 Å². The van der Waals surface area contributed by atoms with Crippen LogP contribution in [0.5, 0.6) is 11.5 Å². The van der Waals surface area contributed by atoms with E-state index in [-0.39, 0.29) is 6.10 Å². The van der Waals surface area contributed by atoms with E-state index in [4.69, 9.17) is 19.2 Å². The van der Waals surface area contributed by atoms with E-state index in [1.54, 1.807) is 14.2 Å². The maximum atomic E-state index is 6.16. The summed E-state index contributed by atoms with van der Waals surface area (Å²) in [7, 11) is 3.30. The summed E-state index contributed by atoms with van der Waals surface area (Å²) in [6.07, 6.45) is 2.33. The van der Waals surface area contributed by atoms with Crippen molar-refractivity contribution in [3.8, 4) is 11.5 Å². The van der Waals surface area contributed by atoms with Gasteiger partial charge in [-0.25, -0.2) is 4.99 Å². The zero-order chi connectivity index (χ0) is 22.1. The van der Waals surface area contributed by atoms with E-state index in [2.05, 4.69) is 48.7 Å². The van der Waals surface area contributed by atoms with Gasteiger partial charge in [-0.1, -0.05) is 42.0 Å². The van der Waals surface area contributed by atoms with Crippen LogP contribution in [-0.4, -0.2) is 39.9 Å². The van der Waals surface area contributed by atoms with E-state index < -0.39 is 0 Å². The van der Waals surface area contributed by atoms with Gasteiger partial charge in [0, 0.05) is 31.2 Å². The van der Waals surface area contributed by atoms with Crippen molar-refractivity contribution >= 4 is 5.96 Å². The molecule has 1 aliphatic rings. The number of hydrogen-bond acceptors (Lipinski definition) is 4. The number of methoxy groups -OCH3 is 2. The number of para-hydroxylation sites is 1. The van der Waals surface area contributed by atoms with Gasteiger partial charge in [-0.3, -0.25) is 0 Å². The average Bonchev–Trinajstić information content (AvgIpc) is 2.81. The first-order valence-corrected chi connectivity index (χ1v) is 11.1. The van der Waals surface area contributed by atoms with Crippen LogP contribution in [0.1, 0.15) is 42.6 Å². The lowest BCUT2D eigenvalue weighted by Crippen LogP contribution is -2.42. The number of nitrogens with zero attached hydrogens (tertiary/aromatic N) is 1. The predicted octanol–water partition coefficient (Wildman–Crippen LogP) is 4.24. The quantitative estimate of drug-likeness (QED) is 0.489. The molecule has 1 saturated heterocycles. The Kier molecular flexibility index (Phi) is 8.59. The molecule has 6 nitrogen and oxygen atoms in total. The summed E-state index contributed by atoms with van der Waals surface area (Å²) in [5.74, 6) is 2.63. The van der Waals surface area contributed by atoms with Crippen LogP contribution in [-0.2, 0) is 11.3 Å². The van der Waals surface area contributed by atoms with Crippen molar-refractivity contribution in [3.63, 3.8) is 0 Å². The van der Waals surface area contributed by atoms with Crippen LogP contribution in [0.3, 0.4) is 0 Å². The Morgan fingerprint density at radius 1 is 1.10 bits per heavy atom. The molecule has 2 unspecified atom stereocenters. The Labute approximate surface area is 186 Å². The number of hydrogen-bond donors (Lipinski definition) is 2. The van der Waals surface area contributed by atoms with Gasteiger partial charge in [-0.15, -0.1) is 0 Å². The van der Waals surface area contributed by atoms with Crippen molar-refractivity contribution in [2.75, 3.05) is 33.9 Å². The fourth-order valence-electron chi connectivity index (χ4n) is 3.99. The highest BCUT2D eigenvalue weighted by Crippen LogP contribution is 2.33. The average molecular weight is 426 g/mol. The molecule has 1 heterocycles. The summed E-state index contributed by atoms with van der Waals surface area (Å²) in [5.41, 5.74) is 3.50. The Morgan fingerprint density at radius 2 is 1.90 bits per heavy atom. The molecule has 168 valence electrons. The van der Waals surface area contributed by atoms with Crippen molar-refractivity contribution in [2.24, 2.45) is 10.9 Å². The van der Waals surface area contributed by atoms with Crippen LogP contribution in [0.15, 0.2) is 47.5 Å². The molecule has 2 N–H and O–H groups in total. The smallest absolute Gasteiger partial charge is 0.191 e. The molecule has 6 heteroatoms. The molecule has 0 spiro atoms. The number of benzene rings is 2. The lowest BCUT2D eigenvalue weighted by atomic mass is 9.89. The van der Waals surface area contributed by atoms with Crippen LogP contribution >= 0.6 is 0 Å². The summed E-state index contributed by atoms with van der Waals surface area (Å²) in [6.45, 7) is 7.10. The first kappa shape index (κ1) is 22.9. The van der Waals surface area contributed by atoms with Gasteiger partial charge in [0.15, 0.2) is 17.5 Å². The topological polar surface area (TPSA) is 64.1 Å². The van der Waals surface area contributed by atoms with E-state index in [1.165, 1.54) is 11.1 Å². The number of nitrogens with one attached hydrogen (secondary N) is 2. The number of rotatable bonds is 8. The molecule has 1 fully saturated rings. The number of ether oxygens (including phenoxy) is 3. The van der Waals surface area contributed by atoms with Crippen LogP contribution in [0.4, 0.5) is 0 Å². The van der Waals surface area contributed by atoms with Crippen LogP contribution in [0.2, 0.25) is 0 Å². The second-order valence-corrected chi connectivity index (χ2v) is 7.83. The third kappa shape index (κ3) is 6.14. The maximum absolute atomic E-state index is 6.16. The van der Waals surface area contributed by atoms with E-state index in [1.807, 2.05) is 18.2 Å².